The minimum atomic E-state index is -3.55. The van der Waals surface area contributed by atoms with Crippen molar-refractivity contribution >= 4 is 38.4 Å². The summed E-state index contributed by atoms with van der Waals surface area (Å²) in [5, 5.41) is 1.76. The lowest BCUT2D eigenvalue weighted by atomic mass is 10.2. The highest BCUT2D eigenvalue weighted by Crippen LogP contribution is 2.25. The highest BCUT2D eigenvalue weighted by atomic mass is 32.2. The number of ether oxygens (including phenoxy) is 1. The van der Waals surface area contributed by atoms with Gasteiger partial charge in [0.1, 0.15) is 12.4 Å². The predicted octanol–water partition coefficient (Wildman–Crippen LogP) is 2.90. The molecule has 178 valence electrons. The fraction of sp³-hybridized carbons (Fsp3) is 0.500. The normalized spacial score (nSPS) is 15.2. The molecule has 0 bridgehead atoms. The molecule has 11 heteroatoms. The first-order valence-electron chi connectivity index (χ1n) is 11.1. The zero-order chi connectivity index (χ0) is 23.6. The number of esters is 1. The number of fused-ring (bicyclic) bond motifs is 1. The summed E-state index contributed by atoms with van der Waals surface area (Å²) in [6.07, 6.45) is 2.89. The molecular weight excluding hydrogens is 464 g/mol. The van der Waals surface area contributed by atoms with Gasteiger partial charge < -0.3 is 13.9 Å². The van der Waals surface area contributed by atoms with Crippen LogP contribution < -0.4 is 4.87 Å². The van der Waals surface area contributed by atoms with Crippen LogP contribution in [0.1, 0.15) is 44.1 Å². The number of benzene rings is 1. The van der Waals surface area contributed by atoms with E-state index in [1.165, 1.54) is 4.31 Å². The number of hydrogen-bond donors (Lipinski definition) is 0. The summed E-state index contributed by atoms with van der Waals surface area (Å²) in [6, 6.07) is 4.99. The smallest absolute Gasteiger partial charge is 0.308 e. The zero-order valence-corrected chi connectivity index (χ0v) is 20.5. The van der Waals surface area contributed by atoms with Gasteiger partial charge in [-0.3, -0.25) is 9.59 Å². The Balaban J connectivity index is 1.48. The van der Waals surface area contributed by atoms with Crippen molar-refractivity contribution in [2.24, 2.45) is 0 Å². The van der Waals surface area contributed by atoms with E-state index in [2.05, 4.69) is 4.98 Å². The SMILES string of the molecule is CCn1c(COC(=O)CCn2c(C)csc2=O)nc2cc(S(=O)(=O)N3CCCCC3)ccc21. The number of imidazole rings is 1. The average Bonchev–Trinajstić information content (AvgIpc) is 3.34. The van der Waals surface area contributed by atoms with E-state index >= 15 is 0 Å². The monoisotopic (exact) mass is 492 g/mol. The van der Waals surface area contributed by atoms with E-state index in [0.717, 1.165) is 41.8 Å². The van der Waals surface area contributed by atoms with Gasteiger partial charge >= 0.3 is 10.8 Å². The van der Waals surface area contributed by atoms with Crippen LogP contribution in [0.15, 0.2) is 33.3 Å². The van der Waals surface area contributed by atoms with Crippen LogP contribution in [0.5, 0.6) is 0 Å². The number of thiazole rings is 1. The van der Waals surface area contributed by atoms with Gasteiger partial charge in [0.25, 0.3) is 0 Å². The largest absolute Gasteiger partial charge is 0.457 e. The van der Waals surface area contributed by atoms with Gasteiger partial charge in [-0.15, -0.1) is 0 Å². The van der Waals surface area contributed by atoms with Crippen molar-refractivity contribution < 1.29 is 17.9 Å². The number of carbonyl (C=O) groups excluding carboxylic acids is 1. The zero-order valence-electron chi connectivity index (χ0n) is 18.8. The Labute approximate surface area is 196 Å². The lowest BCUT2D eigenvalue weighted by Gasteiger charge is -2.25. The third-order valence-electron chi connectivity index (χ3n) is 5.95. The molecule has 0 atom stereocenters. The summed E-state index contributed by atoms with van der Waals surface area (Å²) in [7, 11) is -3.55. The molecule has 0 N–H and O–H groups in total. The molecule has 9 nitrogen and oxygen atoms in total. The Kier molecular flexibility index (Phi) is 7.01. The van der Waals surface area contributed by atoms with E-state index in [4.69, 9.17) is 4.74 Å². The van der Waals surface area contributed by atoms with E-state index < -0.39 is 16.0 Å². The first-order chi connectivity index (χ1) is 15.8. The van der Waals surface area contributed by atoms with Gasteiger partial charge in [-0.05, 0) is 44.9 Å². The summed E-state index contributed by atoms with van der Waals surface area (Å²) < 4.78 is 36.5. The molecule has 1 aliphatic heterocycles. The fourth-order valence-corrected chi connectivity index (χ4v) is 6.43. The second-order valence-electron chi connectivity index (χ2n) is 8.09. The molecule has 1 fully saturated rings. The number of aromatic nitrogens is 3. The molecule has 0 radical (unpaired) electrons. The minimum absolute atomic E-state index is 0.0208. The van der Waals surface area contributed by atoms with Crippen molar-refractivity contribution in [2.75, 3.05) is 13.1 Å². The number of carbonyl (C=O) groups is 1. The van der Waals surface area contributed by atoms with Crippen molar-refractivity contribution in [3.05, 3.63) is 44.8 Å². The van der Waals surface area contributed by atoms with Gasteiger partial charge in [-0.1, -0.05) is 17.8 Å². The first-order valence-corrected chi connectivity index (χ1v) is 13.4. The van der Waals surface area contributed by atoms with Crippen molar-refractivity contribution in [2.45, 2.75) is 64.1 Å². The standard InChI is InChI=1S/C22H28N4O5S2/c1-3-25-19-8-7-17(33(29,30)24-10-5-4-6-11-24)13-18(19)23-20(25)14-31-21(27)9-12-26-16(2)15-32-22(26)28/h7-8,13,15H,3-6,9-12,14H2,1-2H3. The Morgan fingerprint density at radius 1 is 1.18 bits per heavy atom. The van der Waals surface area contributed by atoms with Crippen LogP contribution in [-0.4, -0.2) is 45.9 Å². The molecule has 0 unspecified atom stereocenters. The Morgan fingerprint density at radius 3 is 2.61 bits per heavy atom. The fourth-order valence-electron chi connectivity index (χ4n) is 4.13. The second kappa shape index (κ2) is 9.78. The summed E-state index contributed by atoms with van der Waals surface area (Å²) in [6.45, 7) is 5.72. The highest BCUT2D eigenvalue weighted by Gasteiger charge is 2.26. The molecular formula is C22H28N4O5S2. The van der Waals surface area contributed by atoms with Gasteiger partial charge in [0.2, 0.25) is 10.0 Å². The summed E-state index contributed by atoms with van der Waals surface area (Å²) >= 11 is 1.11. The van der Waals surface area contributed by atoms with Gasteiger partial charge in [-0.25, -0.2) is 13.4 Å². The van der Waals surface area contributed by atoms with E-state index in [0.29, 0.717) is 31.0 Å². The van der Waals surface area contributed by atoms with Crippen LogP contribution in [-0.2, 0) is 39.3 Å². The number of piperidine rings is 1. The first kappa shape index (κ1) is 23.7. The summed E-state index contributed by atoms with van der Waals surface area (Å²) in [4.78, 5) is 28.7. The summed E-state index contributed by atoms with van der Waals surface area (Å²) in [5.41, 5.74) is 2.17. The van der Waals surface area contributed by atoms with Gasteiger partial charge in [0.05, 0.1) is 22.3 Å². The molecule has 0 spiro atoms. The minimum Gasteiger partial charge on any atom is -0.457 e. The van der Waals surface area contributed by atoms with Gasteiger partial charge in [-0.2, -0.15) is 4.31 Å². The van der Waals surface area contributed by atoms with Crippen LogP contribution in [0, 0.1) is 6.92 Å². The maximum atomic E-state index is 13.0. The molecule has 0 amide bonds. The van der Waals surface area contributed by atoms with Crippen LogP contribution >= 0.6 is 11.3 Å². The quantitative estimate of drug-likeness (QED) is 0.448. The number of rotatable bonds is 8. The van der Waals surface area contributed by atoms with Crippen molar-refractivity contribution in [1.82, 2.24) is 18.4 Å². The van der Waals surface area contributed by atoms with Crippen LogP contribution in [0.25, 0.3) is 11.0 Å². The third-order valence-corrected chi connectivity index (χ3v) is 8.72. The summed E-state index contributed by atoms with van der Waals surface area (Å²) in [5.74, 6) is 0.132. The second-order valence-corrected chi connectivity index (χ2v) is 10.9. The number of aryl methyl sites for hydroxylation is 2. The van der Waals surface area contributed by atoms with Crippen LogP contribution in [0.2, 0.25) is 0 Å². The maximum absolute atomic E-state index is 13.0. The highest BCUT2D eigenvalue weighted by molar-refractivity contribution is 7.89. The molecule has 1 aliphatic rings. The van der Waals surface area contributed by atoms with Gasteiger partial charge in [0, 0.05) is 37.3 Å². The molecule has 2 aromatic heterocycles. The van der Waals surface area contributed by atoms with Crippen molar-refractivity contribution in [3.8, 4) is 0 Å². The van der Waals surface area contributed by atoms with E-state index in [1.54, 1.807) is 28.1 Å². The number of nitrogens with zero attached hydrogens (tertiary/aromatic N) is 4. The van der Waals surface area contributed by atoms with Gasteiger partial charge in [0.15, 0.2) is 0 Å². The predicted molar refractivity (Wildman–Crippen MR) is 126 cm³/mol. The third kappa shape index (κ3) is 4.90. The van der Waals surface area contributed by atoms with E-state index in [9.17, 15) is 18.0 Å². The van der Waals surface area contributed by atoms with Crippen molar-refractivity contribution in [1.29, 1.82) is 0 Å². The van der Waals surface area contributed by atoms with Crippen molar-refractivity contribution in [3.63, 3.8) is 0 Å². The Morgan fingerprint density at radius 2 is 1.94 bits per heavy atom. The average molecular weight is 493 g/mol. The molecule has 0 saturated carbocycles. The topological polar surface area (TPSA) is 103 Å². The van der Waals surface area contributed by atoms with E-state index in [1.807, 2.05) is 18.4 Å². The maximum Gasteiger partial charge on any atom is 0.308 e. The van der Waals surface area contributed by atoms with Crippen LogP contribution in [0.4, 0.5) is 0 Å². The Hall–Kier alpha value is -2.50. The number of hydrogen-bond acceptors (Lipinski definition) is 7. The molecule has 1 aromatic carbocycles. The van der Waals surface area contributed by atoms with Crippen LogP contribution in [0.3, 0.4) is 0 Å². The molecule has 1 saturated heterocycles. The lowest BCUT2D eigenvalue weighted by molar-refractivity contribution is -0.145. The molecule has 3 heterocycles. The number of sulfonamides is 1. The molecule has 4 rings (SSSR count). The molecule has 3 aromatic rings. The molecule has 0 aliphatic carbocycles. The lowest BCUT2D eigenvalue weighted by Crippen LogP contribution is -2.35. The van der Waals surface area contributed by atoms with E-state index in [-0.39, 0.29) is 29.3 Å². The Bertz CT molecular complexity index is 1320. The molecule has 33 heavy (non-hydrogen) atoms.